The molecule has 0 bridgehead atoms. The van der Waals surface area contributed by atoms with Crippen molar-refractivity contribution >= 4 is 11.3 Å². The third-order valence-electron chi connectivity index (χ3n) is 0.792. The lowest BCUT2D eigenvalue weighted by atomic mass is 10.5. The first-order chi connectivity index (χ1) is 3.89. The monoisotopic (exact) mass is 136 g/mol. The molecule has 0 amide bonds. The molecule has 48 valence electrons. The molecule has 5 heteroatoms. The first kappa shape index (κ1) is 6.15. The summed E-state index contributed by atoms with van der Waals surface area (Å²) in [4.78, 5) is 2.44. The van der Waals surface area contributed by atoms with Gasteiger partial charge in [0.2, 0.25) is 11.3 Å². The molecular weight excluding hydrogens is 128 g/mol. The summed E-state index contributed by atoms with van der Waals surface area (Å²) in [7, 11) is 0. The Morgan fingerprint density at radius 3 is 3.38 bits per heavy atom. The molecule has 1 aliphatic rings. The van der Waals surface area contributed by atoms with Gasteiger partial charge in [0.05, 0.1) is 6.61 Å². The molecular formula is C3H8N2O2S. The van der Waals surface area contributed by atoms with Crippen LogP contribution >= 0.6 is 0 Å². The summed E-state index contributed by atoms with van der Waals surface area (Å²) in [5.41, 5.74) is 2.72. The van der Waals surface area contributed by atoms with Crippen LogP contribution in [0.25, 0.3) is 0 Å². The van der Waals surface area contributed by atoms with Gasteiger partial charge in [0, 0.05) is 6.54 Å². The predicted molar refractivity (Wildman–Crippen MR) is 29.8 cm³/mol. The fraction of sp³-hybridized carbons (Fsp3) is 1.00. The highest BCUT2D eigenvalue weighted by Gasteiger charge is 2.01. The zero-order chi connectivity index (χ0) is 5.82. The van der Waals surface area contributed by atoms with Crippen molar-refractivity contribution in [2.24, 2.45) is 0 Å². The molecule has 0 spiro atoms. The predicted octanol–water partition coefficient (Wildman–Crippen LogP) is -0.920. The third-order valence-corrected chi connectivity index (χ3v) is 1.48. The van der Waals surface area contributed by atoms with Crippen molar-refractivity contribution in [3.63, 3.8) is 0 Å². The SMILES string of the molecule is O=S1NNCCCO1. The molecule has 0 aliphatic carbocycles. The summed E-state index contributed by atoms with van der Waals surface area (Å²) in [5.74, 6) is 0. The highest BCUT2D eigenvalue weighted by atomic mass is 32.2. The first-order valence-electron chi connectivity index (χ1n) is 2.43. The van der Waals surface area contributed by atoms with Gasteiger partial charge in [-0.1, -0.05) is 0 Å². The zero-order valence-electron chi connectivity index (χ0n) is 4.35. The summed E-state index contributed by atoms with van der Waals surface area (Å²) in [6, 6.07) is 0. The molecule has 1 unspecified atom stereocenters. The maximum absolute atomic E-state index is 10.4. The van der Waals surface area contributed by atoms with Crippen molar-refractivity contribution in [1.82, 2.24) is 10.3 Å². The Bertz CT molecular complexity index is 87.3. The van der Waals surface area contributed by atoms with E-state index in [1.807, 2.05) is 0 Å². The van der Waals surface area contributed by atoms with E-state index < -0.39 is 11.3 Å². The molecule has 8 heavy (non-hydrogen) atoms. The maximum Gasteiger partial charge on any atom is 0.248 e. The summed E-state index contributed by atoms with van der Waals surface area (Å²) >= 11 is -1.32. The third kappa shape index (κ3) is 1.87. The highest BCUT2D eigenvalue weighted by Crippen LogP contribution is 1.86. The average Bonchev–Trinajstić information content (AvgIpc) is 1.94. The Kier molecular flexibility index (Phi) is 2.41. The topological polar surface area (TPSA) is 50.4 Å². The molecule has 1 rings (SSSR count). The number of hydrogen-bond donors (Lipinski definition) is 2. The molecule has 1 fully saturated rings. The molecule has 0 radical (unpaired) electrons. The molecule has 1 aliphatic heterocycles. The van der Waals surface area contributed by atoms with Crippen LogP contribution < -0.4 is 10.3 Å². The second-order valence-electron chi connectivity index (χ2n) is 1.44. The van der Waals surface area contributed by atoms with E-state index in [1.165, 1.54) is 0 Å². The van der Waals surface area contributed by atoms with Crippen molar-refractivity contribution in [1.29, 1.82) is 0 Å². The van der Waals surface area contributed by atoms with Crippen LogP contribution in [0.4, 0.5) is 0 Å². The molecule has 0 aromatic heterocycles. The van der Waals surface area contributed by atoms with Crippen molar-refractivity contribution in [2.75, 3.05) is 13.2 Å². The lowest BCUT2D eigenvalue weighted by molar-refractivity contribution is 0.349. The smallest absolute Gasteiger partial charge is 0.248 e. The second kappa shape index (κ2) is 3.13. The van der Waals surface area contributed by atoms with E-state index in [9.17, 15) is 4.21 Å². The molecule has 4 nitrogen and oxygen atoms in total. The minimum atomic E-state index is -1.32. The quantitative estimate of drug-likeness (QED) is 0.453. The van der Waals surface area contributed by atoms with Crippen LogP contribution in [0, 0.1) is 0 Å². The number of hydrogen-bond acceptors (Lipinski definition) is 3. The van der Waals surface area contributed by atoms with E-state index in [0.717, 1.165) is 13.0 Å². The van der Waals surface area contributed by atoms with Gasteiger partial charge in [-0.3, -0.25) is 4.18 Å². The standard InChI is InChI=1S/C3H8N2O2S/c6-8-5-4-2-1-3-7-8/h4-5H,1-3H2. The first-order valence-corrected chi connectivity index (χ1v) is 3.50. The minimum Gasteiger partial charge on any atom is -0.277 e. The lowest BCUT2D eigenvalue weighted by Crippen LogP contribution is -2.31. The van der Waals surface area contributed by atoms with Crippen LogP contribution in [0.5, 0.6) is 0 Å². The largest absolute Gasteiger partial charge is 0.277 e. The maximum atomic E-state index is 10.4. The van der Waals surface area contributed by atoms with Crippen LogP contribution in [0.3, 0.4) is 0 Å². The van der Waals surface area contributed by atoms with Gasteiger partial charge < -0.3 is 0 Å². The van der Waals surface area contributed by atoms with Gasteiger partial charge in [-0.05, 0) is 6.42 Å². The van der Waals surface area contributed by atoms with Gasteiger partial charge >= 0.3 is 0 Å². The van der Waals surface area contributed by atoms with Crippen LogP contribution in [0.15, 0.2) is 0 Å². The van der Waals surface area contributed by atoms with Crippen molar-refractivity contribution in [2.45, 2.75) is 6.42 Å². The van der Waals surface area contributed by atoms with Gasteiger partial charge in [-0.15, -0.1) is 0 Å². The minimum absolute atomic E-state index is 0.562. The van der Waals surface area contributed by atoms with E-state index in [-0.39, 0.29) is 0 Å². The Hall–Kier alpha value is 0.0300. The van der Waals surface area contributed by atoms with E-state index in [4.69, 9.17) is 4.18 Å². The van der Waals surface area contributed by atoms with Gasteiger partial charge in [-0.25, -0.2) is 9.63 Å². The fourth-order valence-electron chi connectivity index (χ4n) is 0.435. The van der Waals surface area contributed by atoms with Crippen molar-refractivity contribution in [3.05, 3.63) is 0 Å². The van der Waals surface area contributed by atoms with Crippen LogP contribution in [0.2, 0.25) is 0 Å². The van der Waals surface area contributed by atoms with Gasteiger partial charge in [0.15, 0.2) is 0 Å². The Morgan fingerprint density at radius 2 is 2.50 bits per heavy atom. The van der Waals surface area contributed by atoms with Crippen LogP contribution in [0.1, 0.15) is 6.42 Å². The molecule has 1 saturated heterocycles. The van der Waals surface area contributed by atoms with E-state index in [0.29, 0.717) is 6.61 Å². The van der Waals surface area contributed by atoms with Crippen molar-refractivity contribution in [3.8, 4) is 0 Å². The zero-order valence-corrected chi connectivity index (χ0v) is 5.16. The van der Waals surface area contributed by atoms with Gasteiger partial charge in [-0.2, -0.15) is 4.83 Å². The van der Waals surface area contributed by atoms with Gasteiger partial charge in [0.1, 0.15) is 0 Å². The Labute approximate surface area is 50.4 Å². The van der Waals surface area contributed by atoms with E-state index >= 15 is 0 Å². The second-order valence-corrected chi connectivity index (χ2v) is 2.35. The number of rotatable bonds is 0. The lowest BCUT2D eigenvalue weighted by Gasteiger charge is -1.94. The normalized spacial score (nSPS) is 31.8. The average molecular weight is 136 g/mol. The highest BCUT2D eigenvalue weighted by molar-refractivity contribution is 7.78. The number of hydrazine groups is 1. The fourth-order valence-corrected chi connectivity index (χ4v) is 0.983. The summed E-state index contributed by atoms with van der Waals surface area (Å²) < 4.78 is 15.1. The number of nitrogens with one attached hydrogen (secondary N) is 2. The molecule has 1 heterocycles. The summed E-state index contributed by atoms with van der Waals surface area (Å²) in [6.07, 6.45) is 0.902. The van der Waals surface area contributed by atoms with E-state index in [1.54, 1.807) is 0 Å². The molecule has 0 saturated carbocycles. The molecule has 1 atom stereocenters. The summed E-state index contributed by atoms with van der Waals surface area (Å²) in [6.45, 7) is 1.37. The summed E-state index contributed by atoms with van der Waals surface area (Å²) in [5, 5.41) is 0. The van der Waals surface area contributed by atoms with Crippen molar-refractivity contribution < 1.29 is 8.39 Å². The van der Waals surface area contributed by atoms with Gasteiger partial charge in [0.25, 0.3) is 0 Å². The van der Waals surface area contributed by atoms with Crippen LogP contribution in [-0.2, 0) is 15.4 Å². The molecule has 0 aromatic carbocycles. The molecule has 2 N–H and O–H groups in total. The Balaban J connectivity index is 2.27. The van der Waals surface area contributed by atoms with Crippen LogP contribution in [-0.4, -0.2) is 17.4 Å². The molecule has 0 aromatic rings. The van der Waals surface area contributed by atoms with E-state index in [2.05, 4.69) is 10.3 Å². The Morgan fingerprint density at radius 1 is 1.62 bits per heavy atom.